The number of hydrogen-bond acceptors (Lipinski definition) is 4. The molecule has 0 spiro atoms. The van der Waals surface area contributed by atoms with Gasteiger partial charge in [0.05, 0.1) is 12.6 Å². The third-order valence-corrected chi connectivity index (χ3v) is 3.49. The average Bonchev–Trinajstić information content (AvgIpc) is 2.54. The van der Waals surface area contributed by atoms with Crippen molar-refractivity contribution >= 4 is 16.7 Å². The lowest BCUT2D eigenvalue weighted by Crippen LogP contribution is -2.03. The molecule has 0 amide bonds. The van der Waals surface area contributed by atoms with Crippen molar-refractivity contribution in [2.24, 2.45) is 0 Å². The van der Waals surface area contributed by atoms with E-state index in [0.29, 0.717) is 6.54 Å². The van der Waals surface area contributed by atoms with Crippen LogP contribution in [0.15, 0.2) is 48.8 Å². The number of methoxy groups -OCH3 is 1. The lowest BCUT2D eigenvalue weighted by atomic mass is 10.1. The van der Waals surface area contributed by atoms with Gasteiger partial charge in [0.2, 0.25) is 0 Å². The molecule has 0 saturated heterocycles. The zero-order chi connectivity index (χ0) is 14.7. The summed E-state index contributed by atoms with van der Waals surface area (Å²) in [5.74, 6) is 1.72. The van der Waals surface area contributed by atoms with E-state index in [0.717, 1.165) is 28.0 Å². The van der Waals surface area contributed by atoms with Gasteiger partial charge < -0.3 is 10.1 Å². The molecule has 0 atom stereocenters. The van der Waals surface area contributed by atoms with E-state index in [2.05, 4.69) is 28.3 Å². The van der Waals surface area contributed by atoms with Crippen molar-refractivity contribution in [3.05, 3.63) is 59.9 Å². The van der Waals surface area contributed by atoms with Crippen LogP contribution in [0.2, 0.25) is 0 Å². The molecule has 106 valence electrons. The summed E-state index contributed by atoms with van der Waals surface area (Å²) in [6.07, 6.45) is 1.60. The molecule has 4 nitrogen and oxygen atoms in total. The van der Waals surface area contributed by atoms with Crippen LogP contribution in [0.4, 0.5) is 5.82 Å². The monoisotopic (exact) mass is 279 g/mol. The minimum Gasteiger partial charge on any atom is -0.497 e. The van der Waals surface area contributed by atoms with Crippen molar-refractivity contribution in [2.75, 3.05) is 12.4 Å². The molecule has 3 rings (SSSR count). The van der Waals surface area contributed by atoms with E-state index in [4.69, 9.17) is 4.74 Å². The Morgan fingerprint density at radius 3 is 2.62 bits per heavy atom. The molecule has 1 N–H and O–H groups in total. The topological polar surface area (TPSA) is 47.0 Å². The second-order valence-electron chi connectivity index (χ2n) is 4.89. The van der Waals surface area contributed by atoms with Crippen LogP contribution in [-0.2, 0) is 6.54 Å². The third kappa shape index (κ3) is 2.79. The number of ether oxygens (including phenoxy) is 1. The van der Waals surface area contributed by atoms with Crippen molar-refractivity contribution in [3.63, 3.8) is 0 Å². The number of nitrogens with one attached hydrogen (secondary N) is 1. The maximum atomic E-state index is 5.16. The summed E-state index contributed by atoms with van der Waals surface area (Å²) < 4.78 is 5.16. The number of benzene rings is 2. The van der Waals surface area contributed by atoms with Crippen molar-refractivity contribution in [3.8, 4) is 5.75 Å². The van der Waals surface area contributed by atoms with Crippen LogP contribution in [0, 0.1) is 6.92 Å². The van der Waals surface area contributed by atoms with E-state index < -0.39 is 0 Å². The summed E-state index contributed by atoms with van der Waals surface area (Å²) in [6.45, 7) is 2.77. The molecular formula is C17H17N3O. The predicted octanol–water partition coefficient (Wildman–Crippen LogP) is 3.56. The highest BCUT2D eigenvalue weighted by molar-refractivity contribution is 5.90. The van der Waals surface area contributed by atoms with Crippen LogP contribution in [0.25, 0.3) is 10.9 Å². The molecule has 2 aromatic carbocycles. The number of rotatable bonds is 4. The molecular weight excluding hydrogens is 262 g/mol. The van der Waals surface area contributed by atoms with Crippen molar-refractivity contribution in [1.82, 2.24) is 9.97 Å². The molecule has 0 saturated carbocycles. The summed E-state index contributed by atoms with van der Waals surface area (Å²) in [5.41, 5.74) is 3.32. The molecule has 1 heterocycles. The lowest BCUT2D eigenvalue weighted by molar-refractivity contribution is 0.414. The van der Waals surface area contributed by atoms with Crippen LogP contribution in [-0.4, -0.2) is 17.1 Å². The van der Waals surface area contributed by atoms with Crippen LogP contribution < -0.4 is 10.1 Å². The Labute approximate surface area is 123 Å². The molecule has 0 aliphatic heterocycles. The molecule has 0 unspecified atom stereocenters. The van der Waals surface area contributed by atoms with E-state index >= 15 is 0 Å². The molecule has 21 heavy (non-hydrogen) atoms. The van der Waals surface area contributed by atoms with Gasteiger partial charge in [-0.05, 0) is 36.2 Å². The highest BCUT2D eigenvalue weighted by atomic mass is 16.5. The second kappa shape index (κ2) is 5.79. The van der Waals surface area contributed by atoms with Crippen LogP contribution in [0.5, 0.6) is 5.75 Å². The molecule has 0 aliphatic carbocycles. The molecule has 0 bridgehead atoms. The Morgan fingerprint density at radius 2 is 1.86 bits per heavy atom. The maximum Gasteiger partial charge on any atom is 0.137 e. The Bertz CT molecular complexity index is 754. The fourth-order valence-electron chi connectivity index (χ4n) is 2.31. The predicted molar refractivity (Wildman–Crippen MR) is 84.6 cm³/mol. The zero-order valence-corrected chi connectivity index (χ0v) is 12.1. The number of fused-ring (bicyclic) bond motifs is 1. The van der Waals surface area contributed by atoms with Gasteiger partial charge in [0.1, 0.15) is 17.9 Å². The number of aryl methyl sites for hydroxylation is 1. The van der Waals surface area contributed by atoms with Gasteiger partial charge in [0.15, 0.2) is 0 Å². The normalized spacial score (nSPS) is 10.6. The smallest absolute Gasteiger partial charge is 0.137 e. The van der Waals surface area contributed by atoms with Gasteiger partial charge in [-0.15, -0.1) is 0 Å². The van der Waals surface area contributed by atoms with E-state index in [1.165, 1.54) is 5.56 Å². The van der Waals surface area contributed by atoms with Gasteiger partial charge in [0, 0.05) is 11.9 Å². The van der Waals surface area contributed by atoms with Crippen LogP contribution >= 0.6 is 0 Å². The number of anilines is 1. The Hall–Kier alpha value is -2.62. The van der Waals surface area contributed by atoms with E-state index in [9.17, 15) is 0 Å². The fourth-order valence-corrected chi connectivity index (χ4v) is 2.31. The molecule has 4 heteroatoms. The van der Waals surface area contributed by atoms with Gasteiger partial charge >= 0.3 is 0 Å². The first-order valence-electron chi connectivity index (χ1n) is 6.85. The highest BCUT2D eigenvalue weighted by Gasteiger charge is 2.05. The number of hydrogen-bond donors (Lipinski definition) is 1. The quantitative estimate of drug-likeness (QED) is 0.793. The number of nitrogens with zero attached hydrogens (tertiary/aromatic N) is 2. The summed E-state index contributed by atoms with van der Waals surface area (Å²) in [4.78, 5) is 8.70. The van der Waals surface area contributed by atoms with E-state index in [1.807, 2.05) is 36.4 Å². The zero-order valence-electron chi connectivity index (χ0n) is 12.1. The highest BCUT2D eigenvalue weighted by Crippen LogP contribution is 2.22. The van der Waals surface area contributed by atoms with E-state index in [1.54, 1.807) is 13.4 Å². The standard InChI is InChI=1S/C17H17N3O/c1-12-4-3-5-15-16(12)19-11-20-17(15)18-10-13-6-8-14(21-2)9-7-13/h3-9,11H,10H2,1-2H3,(H,18,19,20). The molecule has 0 fully saturated rings. The summed E-state index contributed by atoms with van der Waals surface area (Å²) in [5, 5.41) is 4.42. The van der Waals surface area contributed by atoms with Crippen LogP contribution in [0.3, 0.4) is 0 Å². The first kappa shape index (κ1) is 13.4. The number of para-hydroxylation sites is 1. The number of aromatic nitrogens is 2. The molecule has 1 aromatic heterocycles. The Balaban J connectivity index is 1.83. The first-order valence-corrected chi connectivity index (χ1v) is 6.85. The summed E-state index contributed by atoms with van der Waals surface area (Å²) >= 11 is 0. The van der Waals surface area contributed by atoms with E-state index in [-0.39, 0.29) is 0 Å². The van der Waals surface area contributed by atoms with Gasteiger partial charge in [-0.3, -0.25) is 0 Å². The van der Waals surface area contributed by atoms with Crippen molar-refractivity contribution < 1.29 is 4.74 Å². The SMILES string of the molecule is COc1ccc(CNc2ncnc3c(C)cccc23)cc1. The van der Waals surface area contributed by atoms with Crippen molar-refractivity contribution in [2.45, 2.75) is 13.5 Å². The lowest BCUT2D eigenvalue weighted by Gasteiger charge is -2.09. The average molecular weight is 279 g/mol. The summed E-state index contributed by atoms with van der Waals surface area (Å²) in [7, 11) is 1.67. The fraction of sp³-hybridized carbons (Fsp3) is 0.176. The van der Waals surface area contributed by atoms with Crippen LogP contribution in [0.1, 0.15) is 11.1 Å². The second-order valence-corrected chi connectivity index (χ2v) is 4.89. The molecule has 3 aromatic rings. The van der Waals surface area contributed by atoms with Crippen molar-refractivity contribution in [1.29, 1.82) is 0 Å². The Kier molecular flexibility index (Phi) is 3.69. The minimum absolute atomic E-state index is 0.712. The first-order chi connectivity index (χ1) is 10.3. The third-order valence-electron chi connectivity index (χ3n) is 3.49. The van der Waals surface area contributed by atoms with Gasteiger partial charge in [-0.1, -0.05) is 24.3 Å². The maximum absolute atomic E-state index is 5.16. The van der Waals surface area contributed by atoms with Gasteiger partial charge in [-0.25, -0.2) is 9.97 Å². The van der Waals surface area contributed by atoms with Gasteiger partial charge in [0.25, 0.3) is 0 Å². The Morgan fingerprint density at radius 1 is 1.05 bits per heavy atom. The molecule has 0 radical (unpaired) electrons. The van der Waals surface area contributed by atoms with Gasteiger partial charge in [-0.2, -0.15) is 0 Å². The largest absolute Gasteiger partial charge is 0.497 e. The summed E-state index contributed by atoms with van der Waals surface area (Å²) in [6, 6.07) is 14.1. The minimum atomic E-state index is 0.712. The molecule has 0 aliphatic rings.